The van der Waals surface area contributed by atoms with Gasteiger partial charge in [0.05, 0.1) is 37.4 Å². The maximum atomic E-state index is 13.4. The van der Waals surface area contributed by atoms with Gasteiger partial charge in [-0.25, -0.2) is 0 Å². The second-order valence-corrected chi connectivity index (χ2v) is 8.23. The van der Waals surface area contributed by atoms with Crippen molar-refractivity contribution in [2.45, 2.75) is 56.4 Å². The van der Waals surface area contributed by atoms with Crippen LogP contribution in [0.15, 0.2) is 24.3 Å². The first-order valence-electron chi connectivity index (χ1n) is 10.2. The number of amides is 1. The molecule has 2 aromatic rings. The molecule has 0 bridgehead atoms. The number of aromatic nitrogens is 3. The van der Waals surface area contributed by atoms with Gasteiger partial charge in [0.25, 0.3) is 0 Å². The van der Waals surface area contributed by atoms with Crippen LogP contribution in [0.25, 0.3) is 0 Å². The third-order valence-electron chi connectivity index (χ3n) is 6.11. The van der Waals surface area contributed by atoms with Crippen molar-refractivity contribution in [1.29, 1.82) is 0 Å². The summed E-state index contributed by atoms with van der Waals surface area (Å²) in [5, 5.41) is 3.08. The molecule has 0 unspecified atom stereocenters. The molecular weight excluding hydrogens is 427 g/mol. The van der Waals surface area contributed by atoms with Crippen molar-refractivity contribution < 1.29 is 27.4 Å². The number of alkyl halides is 3. The first-order valence-corrected chi connectivity index (χ1v) is 10.2. The van der Waals surface area contributed by atoms with Crippen molar-refractivity contribution in [3.05, 3.63) is 35.4 Å². The molecule has 2 aliphatic rings. The molecule has 172 valence electrons. The quantitative estimate of drug-likeness (QED) is 0.763. The van der Waals surface area contributed by atoms with Crippen LogP contribution >= 0.6 is 0 Å². The Bertz CT molecular complexity index is 996. The average Bonchev–Trinajstić information content (AvgIpc) is 2.96. The predicted molar refractivity (Wildman–Crippen MR) is 108 cm³/mol. The van der Waals surface area contributed by atoms with E-state index in [1.54, 1.807) is 6.07 Å². The Hall–Kier alpha value is -3.11. The highest BCUT2D eigenvalue weighted by molar-refractivity contribution is 5.77. The molecule has 2 fully saturated rings. The summed E-state index contributed by atoms with van der Waals surface area (Å²) in [7, 11) is 2.81. The minimum atomic E-state index is -4.47. The number of hydrogen-bond donors (Lipinski definition) is 1. The van der Waals surface area contributed by atoms with E-state index < -0.39 is 23.3 Å². The molecule has 1 amide bonds. The van der Waals surface area contributed by atoms with Crippen LogP contribution in [0, 0.1) is 0 Å². The summed E-state index contributed by atoms with van der Waals surface area (Å²) in [5.74, 6) is 0.145. The van der Waals surface area contributed by atoms with Gasteiger partial charge in [0, 0.05) is 6.42 Å². The molecule has 1 aromatic heterocycles. The number of hydrogen-bond acceptors (Lipinski definition) is 7. The Labute approximate surface area is 183 Å². The van der Waals surface area contributed by atoms with Crippen molar-refractivity contribution in [3.8, 4) is 12.0 Å². The summed E-state index contributed by atoms with van der Waals surface area (Å²) in [4.78, 5) is 27.0. The predicted octanol–water partition coefficient (Wildman–Crippen LogP) is 3.29. The largest absolute Gasteiger partial charge is 0.467 e. The van der Waals surface area contributed by atoms with Gasteiger partial charge in [-0.05, 0) is 43.9 Å². The smallest absolute Gasteiger partial charge is 0.416 e. The van der Waals surface area contributed by atoms with Crippen molar-refractivity contribution in [2.24, 2.45) is 0 Å². The number of rotatable bonds is 4. The fraction of sp³-hybridized carbons (Fsp3) is 0.524. The molecule has 3 heterocycles. The van der Waals surface area contributed by atoms with Crippen LogP contribution in [0.5, 0.6) is 12.0 Å². The van der Waals surface area contributed by atoms with Gasteiger partial charge in [0.2, 0.25) is 11.9 Å². The van der Waals surface area contributed by atoms with Crippen molar-refractivity contribution in [3.63, 3.8) is 0 Å². The molecule has 0 saturated carbocycles. The number of fused-ring (bicyclic) bond motifs is 1. The van der Waals surface area contributed by atoms with Gasteiger partial charge in [-0.2, -0.15) is 23.1 Å². The molecule has 11 heteroatoms. The monoisotopic (exact) mass is 451 g/mol. The highest BCUT2D eigenvalue weighted by Gasteiger charge is 2.52. The Kier molecular flexibility index (Phi) is 5.59. The van der Waals surface area contributed by atoms with Crippen molar-refractivity contribution in [1.82, 2.24) is 20.3 Å². The number of halogens is 3. The number of ether oxygens (including phenoxy) is 2. The number of carbonyl (C=O) groups excluding carboxylic acids is 1. The number of nitrogens with zero attached hydrogens (tertiary/aromatic N) is 4. The van der Waals surface area contributed by atoms with Crippen LogP contribution < -0.4 is 19.7 Å². The number of methoxy groups -OCH3 is 2. The number of nitrogens with one attached hydrogen (secondary N) is 1. The lowest BCUT2D eigenvalue weighted by molar-refractivity contribution is -0.137. The van der Waals surface area contributed by atoms with Gasteiger partial charge in [-0.15, -0.1) is 4.98 Å². The summed E-state index contributed by atoms with van der Waals surface area (Å²) in [6, 6.07) is 4.52. The summed E-state index contributed by atoms with van der Waals surface area (Å²) in [6.45, 7) is 1.91. The van der Waals surface area contributed by atoms with Gasteiger partial charge in [0.1, 0.15) is 0 Å². The maximum absolute atomic E-state index is 13.4. The summed E-state index contributed by atoms with van der Waals surface area (Å²) in [6.07, 6.45) is -2.42. The van der Waals surface area contributed by atoms with Gasteiger partial charge in [-0.1, -0.05) is 12.1 Å². The van der Waals surface area contributed by atoms with E-state index in [1.165, 1.54) is 20.3 Å². The summed E-state index contributed by atoms with van der Waals surface area (Å²) < 4.78 is 50.6. The van der Waals surface area contributed by atoms with E-state index in [4.69, 9.17) is 9.47 Å². The molecule has 3 atom stereocenters. The van der Waals surface area contributed by atoms with E-state index >= 15 is 0 Å². The SMILES string of the molecule is COc1nc(OC)nc(N2[C@H]3CCCC(=O)N[C@@]3(C)C[C@H]2c2cccc(C(F)(F)F)c2)n1. The topological polar surface area (TPSA) is 89.5 Å². The zero-order valence-electron chi connectivity index (χ0n) is 17.9. The Morgan fingerprint density at radius 2 is 1.84 bits per heavy atom. The van der Waals surface area contributed by atoms with Gasteiger partial charge >= 0.3 is 18.2 Å². The fourth-order valence-corrected chi connectivity index (χ4v) is 4.69. The van der Waals surface area contributed by atoms with Crippen LogP contribution in [-0.2, 0) is 11.0 Å². The van der Waals surface area contributed by atoms with Crippen LogP contribution in [0.3, 0.4) is 0 Å². The lowest BCUT2D eigenvalue weighted by Crippen LogP contribution is -2.53. The lowest BCUT2D eigenvalue weighted by atomic mass is 9.88. The van der Waals surface area contributed by atoms with E-state index in [1.807, 2.05) is 11.8 Å². The van der Waals surface area contributed by atoms with Crippen molar-refractivity contribution >= 4 is 11.9 Å². The minimum absolute atomic E-state index is 0.0286. The first kappa shape index (κ1) is 22.1. The van der Waals surface area contributed by atoms with E-state index in [-0.39, 0.29) is 29.9 Å². The minimum Gasteiger partial charge on any atom is -0.467 e. The van der Waals surface area contributed by atoms with Gasteiger partial charge in [0.15, 0.2) is 0 Å². The van der Waals surface area contributed by atoms with Crippen LogP contribution in [-0.4, -0.2) is 46.7 Å². The fourth-order valence-electron chi connectivity index (χ4n) is 4.69. The molecule has 0 spiro atoms. The number of anilines is 1. The number of benzene rings is 1. The molecule has 0 radical (unpaired) electrons. The molecule has 2 saturated heterocycles. The van der Waals surface area contributed by atoms with Crippen molar-refractivity contribution in [2.75, 3.05) is 19.1 Å². The Balaban J connectivity index is 1.86. The van der Waals surface area contributed by atoms with Crippen LogP contribution in [0.4, 0.5) is 19.1 Å². The zero-order valence-corrected chi connectivity index (χ0v) is 17.9. The van der Waals surface area contributed by atoms with E-state index in [2.05, 4.69) is 20.3 Å². The number of carbonyl (C=O) groups is 1. The van der Waals surface area contributed by atoms with Gasteiger partial charge < -0.3 is 19.7 Å². The zero-order chi connectivity index (χ0) is 23.1. The maximum Gasteiger partial charge on any atom is 0.416 e. The molecule has 0 aliphatic carbocycles. The van der Waals surface area contributed by atoms with Crippen LogP contribution in [0.2, 0.25) is 0 Å². The Morgan fingerprint density at radius 3 is 2.47 bits per heavy atom. The van der Waals surface area contributed by atoms with E-state index in [9.17, 15) is 18.0 Å². The molecule has 2 aliphatic heterocycles. The normalized spacial score (nSPS) is 25.7. The summed E-state index contributed by atoms with van der Waals surface area (Å²) in [5.41, 5.74) is -0.955. The third-order valence-corrected chi connectivity index (χ3v) is 6.11. The second kappa shape index (κ2) is 8.10. The highest BCUT2D eigenvalue weighted by atomic mass is 19.4. The van der Waals surface area contributed by atoms with E-state index in [0.717, 1.165) is 12.1 Å². The standard InChI is InChI=1S/C21H24F3N5O3/c1-20-11-14(12-6-4-7-13(10-12)21(22,23)24)29(15(20)8-5-9-16(30)28-20)17-25-18(31-2)27-19(26-17)32-3/h4,6-7,10,14-15H,5,8-9,11H2,1-3H3,(H,28,30)/t14-,15-,20-/m0/s1. The molecule has 8 nitrogen and oxygen atoms in total. The molecule has 4 rings (SSSR count). The lowest BCUT2D eigenvalue weighted by Gasteiger charge is -2.35. The molecule has 1 aromatic carbocycles. The molecular formula is C21H24F3N5O3. The first-order chi connectivity index (χ1) is 15.1. The molecule has 32 heavy (non-hydrogen) atoms. The second-order valence-electron chi connectivity index (χ2n) is 8.23. The summed E-state index contributed by atoms with van der Waals surface area (Å²) >= 11 is 0. The highest BCUT2D eigenvalue weighted by Crippen LogP contribution is 2.47. The third kappa shape index (κ3) is 4.03. The molecule has 1 N–H and O–H groups in total. The van der Waals surface area contributed by atoms with E-state index in [0.29, 0.717) is 31.2 Å². The van der Waals surface area contributed by atoms with Crippen LogP contribution in [0.1, 0.15) is 49.8 Å². The van der Waals surface area contributed by atoms with Gasteiger partial charge in [-0.3, -0.25) is 4.79 Å². The average molecular weight is 451 g/mol. The Morgan fingerprint density at radius 1 is 1.16 bits per heavy atom.